The van der Waals surface area contributed by atoms with Gasteiger partial charge in [-0.05, 0) is 101 Å². The van der Waals surface area contributed by atoms with E-state index in [1.54, 1.807) is 0 Å². The fraction of sp³-hybridized carbons (Fsp3) is 0.556. The number of hydrogen-bond acceptors (Lipinski definition) is 3. The highest BCUT2D eigenvalue weighted by molar-refractivity contribution is 6.09. The fourth-order valence-electron chi connectivity index (χ4n) is 5.09. The van der Waals surface area contributed by atoms with Gasteiger partial charge in [-0.15, -0.1) is 0 Å². The zero-order chi connectivity index (χ0) is 22.4. The molecule has 2 N–H and O–H groups in total. The van der Waals surface area contributed by atoms with E-state index in [9.17, 15) is 0 Å². The normalized spacial score (nSPS) is 19.6. The highest BCUT2D eigenvalue weighted by atomic mass is 15.0. The molecule has 0 unspecified atom stereocenters. The van der Waals surface area contributed by atoms with Crippen LogP contribution in [0.2, 0.25) is 0 Å². The van der Waals surface area contributed by atoms with Gasteiger partial charge in [0.25, 0.3) is 0 Å². The third-order valence-corrected chi connectivity index (χ3v) is 5.81. The van der Waals surface area contributed by atoms with Crippen LogP contribution in [0.25, 0.3) is 5.57 Å². The lowest BCUT2D eigenvalue weighted by Crippen LogP contribution is -2.57. The summed E-state index contributed by atoms with van der Waals surface area (Å²) >= 11 is 0. The predicted molar refractivity (Wildman–Crippen MR) is 133 cm³/mol. The minimum absolute atomic E-state index is 0.142. The minimum atomic E-state index is 0.142. The highest BCUT2D eigenvalue weighted by Crippen LogP contribution is 2.34. The molecule has 0 radical (unpaired) electrons. The average Bonchev–Trinajstić information content (AvgIpc) is 2.60. The molecule has 2 rings (SSSR count). The maximum Gasteiger partial charge on any atom is 0.0313 e. The molecular formula is C27H41N3. The third-order valence-electron chi connectivity index (χ3n) is 5.81. The zero-order valence-corrected chi connectivity index (χ0v) is 20.1. The molecule has 3 heteroatoms. The van der Waals surface area contributed by atoms with Gasteiger partial charge >= 0.3 is 0 Å². The van der Waals surface area contributed by atoms with Crippen molar-refractivity contribution in [3.8, 4) is 0 Å². The molecule has 0 atom stereocenters. The molecule has 1 aliphatic heterocycles. The van der Waals surface area contributed by atoms with Crippen LogP contribution in [-0.2, 0) is 6.42 Å². The van der Waals surface area contributed by atoms with Crippen LogP contribution < -0.4 is 5.32 Å². The van der Waals surface area contributed by atoms with Gasteiger partial charge in [0.05, 0.1) is 0 Å². The van der Waals surface area contributed by atoms with Gasteiger partial charge in [0.2, 0.25) is 0 Å². The van der Waals surface area contributed by atoms with Crippen LogP contribution in [0.3, 0.4) is 0 Å². The SMILES string of the molecule is CC/C=C(\C=N/C)c1ccc(C/C=C\C(=N)CC2CC(C)(C)NC(C)(C)C2)c(C)c1. The van der Waals surface area contributed by atoms with Crippen LogP contribution >= 0.6 is 0 Å². The molecule has 1 aliphatic rings. The summed E-state index contributed by atoms with van der Waals surface area (Å²) in [6.45, 7) is 13.4. The van der Waals surface area contributed by atoms with Crippen LogP contribution in [-0.4, -0.2) is 30.1 Å². The molecule has 0 amide bonds. The van der Waals surface area contributed by atoms with Crippen LogP contribution in [0.15, 0.2) is 41.4 Å². The molecule has 1 saturated heterocycles. The first-order chi connectivity index (χ1) is 14.0. The molecule has 1 aromatic rings. The van der Waals surface area contributed by atoms with Gasteiger partial charge in [0, 0.05) is 30.1 Å². The molecule has 0 aromatic heterocycles. The lowest BCUT2D eigenvalue weighted by molar-refractivity contribution is 0.132. The first-order valence-corrected chi connectivity index (χ1v) is 11.3. The molecule has 0 bridgehead atoms. The fourth-order valence-corrected chi connectivity index (χ4v) is 5.09. The summed E-state index contributed by atoms with van der Waals surface area (Å²) < 4.78 is 0. The monoisotopic (exact) mass is 407 g/mol. The van der Waals surface area contributed by atoms with Gasteiger partial charge in [-0.2, -0.15) is 0 Å². The van der Waals surface area contributed by atoms with Gasteiger partial charge in [-0.25, -0.2) is 0 Å². The first kappa shape index (κ1) is 24.3. The second-order valence-electron chi connectivity index (χ2n) is 10.1. The van der Waals surface area contributed by atoms with E-state index in [2.05, 4.69) is 82.2 Å². The molecule has 0 spiro atoms. The van der Waals surface area contributed by atoms with Crippen molar-refractivity contribution in [2.24, 2.45) is 10.9 Å². The number of aryl methyl sites for hydroxylation is 1. The van der Waals surface area contributed by atoms with Crippen molar-refractivity contribution in [3.63, 3.8) is 0 Å². The van der Waals surface area contributed by atoms with Crippen LogP contribution in [0.4, 0.5) is 0 Å². The van der Waals surface area contributed by atoms with E-state index >= 15 is 0 Å². The highest BCUT2D eigenvalue weighted by Gasteiger charge is 2.37. The lowest BCUT2D eigenvalue weighted by Gasteiger charge is -2.46. The molecule has 164 valence electrons. The average molecular weight is 408 g/mol. The second-order valence-corrected chi connectivity index (χ2v) is 10.1. The summed E-state index contributed by atoms with van der Waals surface area (Å²) in [6, 6.07) is 6.64. The summed E-state index contributed by atoms with van der Waals surface area (Å²) in [7, 11) is 1.82. The van der Waals surface area contributed by atoms with Crippen LogP contribution in [0.1, 0.15) is 77.0 Å². The first-order valence-electron chi connectivity index (χ1n) is 11.3. The molecule has 30 heavy (non-hydrogen) atoms. The van der Waals surface area contributed by atoms with Crippen LogP contribution in [0, 0.1) is 18.3 Å². The Bertz CT molecular complexity index is 809. The number of allylic oxidation sites excluding steroid dienone is 4. The Morgan fingerprint density at radius 3 is 2.43 bits per heavy atom. The Kier molecular flexibility index (Phi) is 8.37. The van der Waals surface area contributed by atoms with E-state index in [-0.39, 0.29) is 11.1 Å². The van der Waals surface area contributed by atoms with Gasteiger partial charge in [0.15, 0.2) is 0 Å². The Hall–Kier alpha value is -2.00. The second kappa shape index (κ2) is 10.3. The van der Waals surface area contributed by atoms with E-state index < -0.39 is 0 Å². The third kappa shape index (κ3) is 7.36. The van der Waals surface area contributed by atoms with Crippen molar-refractivity contribution in [1.29, 1.82) is 5.41 Å². The molecule has 1 aromatic carbocycles. The largest absolute Gasteiger partial charge is 0.307 e. The van der Waals surface area contributed by atoms with Gasteiger partial charge in [-0.3, -0.25) is 4.99 Å². The topological polar surface area (TPSA) is 48.2 Å². The van der Waals surface area contributed by atoms with Gasteiger partial charge < -0.3 is 10.7 Å². The Morgan fingerprint density at radius 1 is 1.20 bits per heavy atom. The van der Waals surface area contributed by atoms with Gasteiger partial charge in [0.1, 0.15) is 0 Å². The summed E-state index contributed by atoms with van der Waals surface area (Å²) in [5.41, 5.74) is 6.03. The van der Waals surface area contributed by atoms with Crippen molar-refractivity contribution in [1.82, 2.24) is 5.32 Å². The molecule has 0 aliphatic carbocycles. The Balaban J connectivity index is 1.98. The number of hydrogen-bond donors (Lipinski definition) is 2. The standard InChI is InChI=1S/C27H41N3/c1-8-10-24(19-29-7)23-14-13-22(20(2)15-23)11-9-12-25(28)16-21-17-26(3,4)30-27(5,6)18-21/h9-10,12-15,19,21,28,30H,8,11,16-18H2,1-7H3/b12-9-,24-10+,28-25?,29-19-. The van der Waals surface area contributed by atoms with E-state index in [0.717, 1.165) is 37.8 Å². The molecule has 3 nitrogen and oxygen atoms in total. The number of benzene rings is 1. The molecule has 1 heterocycles. The van der Waals surface area contributed by atoms with Crippen molar-refractivity contribution in [2.45, 2.75) is 84.7 Å². The van der Waals surface area contributed by atoms with E-state index in [1.807, 2.05) is 19.3 Å². The molecular weight excluding hydrogens is 366 g/mol. The lowest BCUT2D eigenvalue weighted by atomic mass is 9.74. The minimum Gasteiger partial charge on any atom is -0.307 e. The molecule has 0 saturated carbocycles. The van der Waals surface area contributed by atoms with Crippen molar-refractivity contribution < 1.29 is 0 Å². The van der Waals surface area contributed by atoms with Crippen molar-refractivity contribution in [3.05, 3.63) is 53.1 Å². The number of piperidine rings is 1. The van der Waals surface area contributed by atoms with E-state index in [4.69, 9.17) is 5.41 Å². The summed E-state index contributed by atoms with van der Waals surface area (Å²) in [5, 5.41) is 12.2. The number of nitrogens with one attached hydrogen (secondary N) is 2. The van der Waals surface area contributed by atoms with Crippen molar-refractivity contribution >= 4 is 17.5 Å². The summed E-state index contributed by atoms with van der Waals surface area (Å²) in [4.78, 5) is 4.19. The predicted octanol–water partition coefficient (Wildman–Crippen LogP) is 6.55. The number of rotatable bonds is 8. The van der Waals surface area contributed by atoms with Gasteiger partial charge in [-0.1, -0.05) is 37.3 Å². The van der Waals surface area contributed by atoms with Crippen LogP contribution in [0.5, 0.6) is 0 Å². The van der Waals surface area contributed by atoms with E-state index in [0.29, 0.717) is 5.92 Å². The number of nitrogens with zero attached hydrogens (tertiary/aromatic N) is 1. The maximum absolute atomic E-state index is 8.46. The number of aliphatic imine (C=N–C) groups is 1. The van der Waals surface area contributed by atoms with E-state index in [1.165, 1.54) is 22.3 Å². The molecule has 1 fully saturated rings. The summed E-state index contributed by atoms with van der Waals surface area (Å²) in [6.07, 6.45) is 13.3. The Morgan fingerprint density at radius 2 is 1.87 bits per heavy atom. The zero-order valence-electron chi connectivity index (χ0n) is 20.1. The maximum atomic E-state index is 8.46. The smallest absolute Gasteiger partial charge is 0.0313 e. The van der Waals surface area contributed by atoms with Crippen molar-refractivity contribution in [2.75, 3.05) is 7.05 Å². The quantitative estimate of drug-likeness (QED) is 0.471. The Labute approximate surface area is 184 Å². The summed E-state index contributed by atoms with van der Waals surface area (Å²) in [5.74, 6) is 0.568.